The van der Waals surface area contributed by atoms with Gasteiger partial charge in [0.2, 0.25) is 0 Å². The van der Waals surface area contributed by atoms with Crippen LogP contribution in [0.25, 0.3) is 0 Å². The highest BCUT2D eigenvalue weighted by Crippen LogP contribution is 2.29. The Kier molecular flexibility index (Phi) is 4.44. The molecule has 0 saturated heterocycles. The SMILES string of the molecule is Cc1ccc(SCc2ccc(C(C)(C)C)cc2)c(N)c1. The van der Waals surface area contributed by atoms with Gasteiger partial charge in [0.25, 0.3) is 0 Å². The molecule has 1 nitrogen and oxygen atoms in total. The van der Waals surface area contributed by atoms with E-state index in [2.05, 4.69) is 64.1 Å². The fourth-order valence-electron chi connectivity index (χ4n) is 2.06. The lowest BCUT2D eigenvalue weighted by atomic mass is 9.87. The predicted molar refractivity (Wildman–Crippen MR) is 90.3 cm³/mol. The average molecular weight is 285 g/mol. The van der Waals surface area contributed by atoms with E-state index in [1.54, 1.807) is 11.8 Å². The number of nitrogens with two attached hydrogens (primary N) is 1. The fourth-order valence-corrected chi connectivity index (χ4v) is 2.97. The molecule has 0 unspecified atom stereocenters. The van der Waals surface area contributed by atoms with Crippen molar-refractivity contribution in [2.75, 3.05) is 5.73 Å². The molecule has 106 valence electrons. The highest BCUT2D eigenvalue weighted by atomic mass is 32.2. The van der Waals surface area contributed by atoms with Crippen molar-refractivity contribution in [1.29, 1.82) is 0 Å². The van der Waals surface area contributed by atoms with Gasteiger partial charge in [-0.25, -0.2) is 0 Å². The minimum atomic E-state index is 0.215. The Bertz CT molecular complexity index is 579. The minimum Gasteiger partial charge on any atom is -0.398 e. The van der Waals surface area contributed by atoms with Gasteiger partial charge in [-0.2, -0.15) is 0 Å². The summed E-state index contributed by atoms with van der Waals surface area (Å²) in [6.45, 7) is 8.79. The molecule has 0 fully saturated rings. The molecule has 2 rings (SSSR count). The number of nitrogen functional groups attached to an aromatic ring is 1. The van der Waals surface area contributed by atoms with E-state index in [9.17, 15) is 0 Å². The second kappa shape index (κ2) is 5.92. The summed E-state index contributed by atoms with van der Waals surface area (Å²) in [4.78, 5) is 1.16. The molecule has 2 heteroatoms. The Morgan fingerprint density at radius 2 is 1.65 bits per heavy atom. The zero-order valence-electron chi connectivity index (χ0n) is 12.7. The second-order valence-electron chi connectivity index (χ2n) is 6.28. The Hall–Kier alpha value is -1.41. The van der Waals surface area contributed by atoms with Crippen LogP contribution in [-0.2, 0) is 11.2 Å². The maximum absolute atomic E-state index is 6.05. The van der Waals surface area contributed by atoms with E-state index in [1.165, 1.54) is 16.7 Å². The zero-order valence-corrected chi connectivity index (χ0v) is 13.6. The van der Waals surface area contributed by atoms with Crippen LogP contribution in [0.3, 0.4) is 0 Å². The maximum atomic E-state index is 6.05. The number of anilines is 1. The molecule has 0 spiro atoms. The summed E-state index contributed by atoms with van der Waals surface area (Å²) in [5.41, 5.74) is 11.1. The maximum Gasteiger partial charge on any atom is 0.0454 e. The van der Waals surface area contributed by atoms with Crippen LogP contribution in [0.5, 0.6) is 0 Å². The average Bonchev–Trinajstić information content (AvgIpc) is 2.37. The normalized spacial score (nSPS) is 11.6. The van der Waals surface area contributed by atoms with Crippen molar-refractivity contribution < 1.29 is 0 Å². The molecule has 0 aromatic heterocycles. The van der Waals surface area contributed by atoms with E-state index >= 15 is 0 Å². The van der Waals surface area contributed by atoms with Crippen LogP contribution in [0.4, 0.5) is 5.69 Å². The Labute approximate surface area is 126 Å². The molecule has 2 aromatic rings. The van der Waals surface area contributed by atoms with E-state index in [1.807, 2.05) is 6.07 Å². The van der Waals surface area contributed by atoms with Crippen LogP contribution in [0.1, 0.15) is 37.5 Å². The minimum absolute atomic E-state index is 0.215. The lowest BCUT2D eigenvalue weighted by molar-refractivity contribution is 0.590. The van der Waals surface area contributed by atoms with Gasteiger partial charge in [0.15, 0.2) is 0 Å². The molecule has 0 amide bonds. The smallest absolute Gasteiger partial charge is 0.0454 e. The molecular weight excluding hydrogens is 262 g/mol. The molecule has 0 aliphatic rings. The molecule has 0 atom stereocenters. The third kappa shape index (κ3) is 3.80. The van der Waals surface area contributed by atoms with Crippen LogP contribution >= 0.6 is 11.8 Å². The summed E-state index contributed by atoms with van der Waals surface area (Å²) in [5, 5.41) is 0. The van der Waals surface area contributed by atoms with Gasteiger partial charge >= 0.3 is 0 Å². The molecule has 20 heavy (non-hydrogen) atoms. The van der Waals surface area contributed by atoms with Crippen molar-refractivity contribution in [3.8, 4) is 0 Å². The van der Waals surface area contributed by atoms with Gasteiger partial charge in [-0.3, -0.25) is 0 Å². The first-order valence-corrected chi connectivity index (χ1v) is 7.93. The Morgan fingerprint density at radius 1 is 1.00 bits per heavy atom. The van der Waals surface area contributed by atoms with Crippen LogP contribution in [-0.4, -0.2) is 0 Å². The van der Waals surface area contributed by atoms with Crippen molar-refractivity contribution in [3.05, 3.63) is 59.2 Å². The summed E-state index contributed by atoms with van der Waals surface area (Å²) >= 11 is 1.80. The largest absolute Gasteiger partial charge is 0.398 e. The van der Waals surface area contributed by atoms with Gasteiger partial charge in [-0.1, -0.05) is 51.1 Å². The first-order chi connectivity index (χ1) is 9.36. The van der Waals surface area contributed by atoms with E-state index in [0.29, 0.717) is 0 Å². The van der Waals surface area contributed by atoms with E-state index in [4.69, 9.17) is 5.73 Å². The summed E-state index contributed by atoms with van der Waals surface area (Å²) in [5.74, 6) is 0.956. The van der Waals surface area contributed by atoms with Crippen LogP contribution in [0.15, 0.2) is 47.4 Å². The number of aryl methyl sites for hydroxylation is 1. The number of hydrogen-bond acceptors (Lipinski definition) is 2. The summed E-state index contributed by atoms with van der Waals surface area (Å²) in [7, 11) is 0. The third-order valence-corrected chi connectivity index (χ3v) is 4.54. The molecule has 0 saturated carbocycles. The van der Waals surface area contributed by atoms with Gasteiger partial charge in [0.1, 0.15) is 0 Å². The lowest BCUT2D eigenvalue weighted by Gasteiger charge is -2.19. The number of rotatable bonds is 3. The van der Waals surface area contributed by atoms with Gasteiger partial charge in [-0.05, 0) is 41.2 Å². The first kappa shape index (κ1) is 15.0. The predicted octanol–water partition coefficient (Wildman–Crippen LogP) is 5.17. The second-order valence-corrected chi connectivity index (χ2v) is 7.29. The molecule has 0 radical (unpaired) electrons. The van der Waals surface area contributed by atoms with Crippen molar-refractivity contribution >= 4 is 17.4 Å². The van der Waals surface area contributed by atoms with Gasteiger partial charge in [-0.15, -0.1) is 11.8 Å². The fraction of sp³-hybridized carbons (Fsp3) is 0.333. The quantitative estimate of drug-likeness (QED) is 0.622. The number of thioether (sulfide) groups is 1. The Balaban J connectivity index is 2.04. The van der Waals surface area contributed by atoms with Crippen LogP contribution < -0.4 is 5.73 Å². The van der Waals surface area contributed by atoms with E-state index < -0.39 is 0 Å². The van der Waals surface area contributed by atoms with Crippen molar-refractivity contribution in [1.82, 2.24) is 0 Å². The van der Waals surface area contributed by atoms with Crippen LogP contribution in [0.2, 0.25) is 0 Å². The van der Waals surface area contributed by atoms with E-state index in [-0.39, 0.29) is 5.41 Å². The molecule has 2 N–H and O–H groups in total. The van der Waals surface area contributed by atoms with Crippen LogP contribution in [0, 0.1) is 6.92 Å². The standard InChI is InChI=1S/C18H23NS/c1-13-5-10-17(16(19)11-13)20-12-14-6-8-15(9-7-14)18(2,3)4/h5-11H,12,19H2,1-4H3. The third-order valence-electron chi connectivity index (χ3n) is 3.38. The monoisotopic (exact) mass is 285 g/mol. The number of benzene rings is 2. The lowest BCUT2D eigenvalue weighted by Crippen LogP contribution is -2.10. The van der Waals surface area contributed by atoms with Crippen molar-refractivity contribution in [2.24, 2.45) is 0 Å². The Morgan fingerprint density at radius 3 is 2.20 bits per heavy atom. The topological polar surface area (TPSA) is 26.0 Å². The summed E-state index contributed by atoms with van der Waals surface area (Å²) < 4.78 is 0. The molecule has 0 bridgehead atoms. The molecule has 2 aromatic carbocycles. The number of hydrogen-bond donors (Lipinski definition) is 1. The zero-order chi connectivity index (χ0) is 14.8. The molecule has 0 aliphatic heterocycles. The van der Waals surface area contributed by atoms with Gasteiger partial charge in [0.05, 0.1) is 0 Å². The molecule has 0 aliphatic carbocycles. The van der Waals surface area contributed by atoms with Crippen molar-refractivity contribution in [2.45, 2.75) is 43.8 Å². The van der Waals surface area contributed by atoms with Gasteiger partial charge < -0.3 is 5.73 Å². The summed E-state index contributed by atoms with van der Waals surface area (Å²) in [6.07, 6.45) is 0. The highest BCUT2D eigenvalue weighted by molar-refractivity contribution is 7.98. The highest BCUT2D eigenvalue weighted by Gasteiger charge is 2.12. The summed E-state index contributed by atoms with van der Waals surface area (Å²) in [6, 6.07) is 15.2. The van der Waals surface area contributed by atoms with E-state index in [0.717, 1.165) is 16.3 Å². The molecular formula is C18H23NS. The molecule has 0 heterocycles. The van der Waals surface area contributed by atoms with Crippen molar-refractivity contribution in [3.63, 3.8) is 0 Å². The first-order valence-electron chi connectivity index (χ1n) is 6.94. The van der Waals surface area contributed by atoms with Gasteiger partial charge in [0, 0.05) is 16.3 Å².